The number of hydrogen-bond acceptors (Lipinski definition) is 3. The largest absolute Gasteiger partial charge is 0.326 e. The van der Waals surface area contributed by atoms with Gasteiger partial charge in [0.2, 0.25) is 15.9 Å². The van der Waals surface area contributed by atoms with E-state index < -0.39 is 10.0 Å². The molecule has 0 aromatic heterocycles. The molecule has 25 heavy (non-hydrogen) atoms. The number of hydrogen-bond donors (Lipinski definition) is 1. The second-order valence-corrected chi connectivity index (χ2v) is 8.32. The number of carbonyl (C=O) groups excluding carboxylic acids is 1. The van der Waals surface area contributed by atoms with Gasteiger partial charge >= 0.3 is 0 Å². The van der Waals surface area contributed by atoms with E-state index in [0.29, 0.717) is 24.3 Å². The number of nitrogens with one attached hydrogen (secondary N) is 1. The van der Waals surface area contributed by atoms with Gasteiger partial charge in [-0.15, -0.1) is 0 Å². The predicted molar refractivity (Wildman–Crippen MR) is 100 cm³/mol. The topological polar surface area (TPSA) is 66.5 Å². The predicted octanol–water partition coefficient (Wildman–Crippen LogP) is 3.11. The summed E-state index contributed by atoms with van der Waals surface area (Å²) in [4.78, 5) is 12.2. The molecular formula is C19H22N2O3S. The molecule has 6 heteroatoms. The molecule has 1 heterocycles. The second-order valence-electron chi connectivity index (χ2n) is 6.31. The van der Waals surface area contributed by atoms with Gasteiger partial charge < -0.3 is 5.32 Å². The van der Waals surface area contributed by atoms with Gasteiger partial charge in [0.05, 0.1) is 17.9 Å². The highest BCUT2D eigenvalue weighted by atomic mass is 32.2. The fraction of sp³-hybridized carbons (Fsp3) is 0.316. The first-order valence-corrected chi connectivity index (χ1v) is 10.0. The molecule has 0 spiro atoms. The van der Waals surface area contributed by atoms with Crippen LogP contribution in [-0.4, -0.2) is 26.6 Å². The average molecular weight is 358 g/mol. The number of rotatable bonds is 4. The zero-order valence-corrected chi connectivity index (χ0v) is 15.1. The number of anilines is 2. The third-order valence-electron chi connectivity index (χ3n) is 4.32. The van der Waals surface area contributed by atoms with Crippen LogP contribution in [0.15, 0.2) is 48.5 Å². The maximum atomic E-state index is 12.3. The van der Waals surface area contributed by atoms with Gasteiger partial charge in [0, 0.05) is 12.2 Å². The highest BCUT2D eigenvalue weighted by Gasteiger charge is 2.27. The number of amides is 1. The molecule has 0 radical (unpaired) electrons. The minimum Gasteiger partial charge on any atom is -0.326 e. The molecule has 1 aliphatic heterocycles. The van der Waals surface area contributed by atoms with E-state index in [-0.39, 0.29) is 18.1 Å². The number of carbonyl (C=O) groups is 1. The molecule has 1 aliphatic rings. The van der Waals surface area contributed by atoms with Crippen molar-refractivity contribution < 1.29 is 13.2 Å². The summed E-state index contributed by atoms with van der Waals surface area (Å²) in [6, 6.07) is 14.9. The highest BCUT2D eigenvalue weighted by Crippen LogP contribution is 2.29. The van der Waals surface area contributed by atoms with Crippen LogP contribution in [-0.2, 0) is 21.2 Å². The Morgan fingerprint density at radius 1 is 1.12 bits per heavy atom. The van der Waals surface area contributed by atoms with Gasteiger partial charge in [-0.2, -0.15) is 0 Å². The van der Waals surface area contributed by atoms with Crippen molar-refractivity contribution in [1.82, 2.24) is 0 Å². The van der Waals surface area contributed by atoms with E-state index >= 15 is 0 Å². The van der Waals surface area contributed by atoms with Gasteiger partial charge in [-0.05, 0) is 43.0 Å². The Bertz CT molecular complexity index is 863. The Balaban J connectivity index is 1.78. The molecule has 1 fully saturated rings. The summed E-state index contributed by atoms with van der Waals surface area (Å²) in [6.07, 6.45) is 1.83. The zero-order chi connectivity index (χ0) is 17.9. The third-order valence-corrected chi connectivity index (χ3v) is 6.17. The Labute approximate surface area is 148 Å². The van der Waals surface area contributed by atoms with Crippen LogP contribution in [0.2, 0.25) is 0 Å². The van der Waals surface area contributed by atoms with Crippen molar-refractivity contribution in [2.24, 2.45) is 0 Å². The van der Waals surface area contributed by atoms with Crippen LogP contribution in [0.3, 0.4) is 0 Å². The van der Waals surface area contributed by atoms with E-state index in [1.165, 1.54) is 4.31 Å². The van der Waals surface area contributed by atoms with Crippen molar-refractivity contribution in [3.05, 3.63) is 59.7 Å². The Kier molecular flexibility index (Phi) is 5.08. The summed E-state index contributed by atoms with van der Waals surface area (Å²) in [5, 5.41) is 2.86. The molecule has 0 saturated carbocycles. The van der Waals surface area contributed by atoms with Crippen molar-refractivity contribution in [2.75, 3.05) is 21.9 Å². The molecule has 0 bridgehead atoms. The first kappa shape index (κ1) is 17.5. The maximum Gasteiger partial charge on any atom is 0.235 e. The normalized spacial score (nSPS) is 16.4. The lowest BCUT2D eigenvalue weighted by Gasteiger charge is -2.29. The van der Waals surface area contributed by atoms with Crippen LogP contribution >= 0.6 is 0 Å². The number of nitrogens with zero attached hydrogens (tertiary/aromatic N) is 1. The molecule has 0 unspecified atom stereocenters. The van der Waals surface area contributed by atoms with Crippen molar-refractivity contribution in [3.63, 3.8) is 0 Å². The summed E-state index contributed by atoms with van der Waals surface area (Å²) in [6.45, 7) is 2.37. The van der Waals surface area contributed by atoms with Gasteiger partial charge in [-0.3, -0.25) is 9.10 Å². The third kappa shape index (κ3) is 4.20. The lowest BCUT2D eigenvalue weighted by atomic mass is 10.1. The Morgan fingerprint density at radius 3 is 2.60 bits per heavy atom. The molecule has 1 saturated heterocycles. The zero-order valence-electron chi connectivity index (χ0n) is 14.2. The fourth-order valence-electron chi connectivity index (χ4n) is 3.00. The van der Waals surface area contributed by atoms with Gasteiger partial charge in [0.15, 0.2) is 0 Å². The molecule has 0 atom stereocenters. The van der Waals surface area contributed by atoms with E-state index in [0.717, 1.165) is 17.5 Å². The second kappa shape index (κ2) is 7.27. The quantitative estimate of drug-likeness (QED) is 0.913. The first-order chi connectivity index (χ1) is 12.0. The lowest BCUT2D eigenvalue weighted by Crippen LogP contribution is -2.38. The summed E-state index contributed by atoms with van der Waals surface area (Å²) in [5.41, 5.74) is 3.08. The van der Waals surface area contributed by atoms with Crippen LogP contribution in [0.4, 0.5) is 11.4 Å². The molecule has 2 aromatic carbocycles. The Hall–Kier alpha value is -2.34. The van der Waals surface area contributed by atoms with Crippen LogP contribution in [0.25, 0.3) is 0 Å². The summed E-state index contributed by atoms with van der Waals surface area (Å²) in [7, 11) is -3.27. The molecular weight excluding hydrogens is 336 g/mol. The van der Waals surface area contributed by atoms with Crippen molar-refractivity contribution in [3.8, 4) is 0 Å². The van der Waals surface area contributed by atoms with E-state index in [2.05, 4.69) is 5.32 Å². The van der Waals surface area contributed by atoms with E-state index in [1.807, 2.05) is 43.3 Å². The smallest absolute Gasteiger partial charge is 0.235 e. The van der Waals surface area contributed by atoms with Crippen LogP contribution < -0.4 is 9.62 Å². The highest BCUT2D eigenvalue weighted by molar-refractivity contribution is 7.92. The van der Waals surface area contributed by atoms with Gasteiger partial charge in [-0.25, -0.2) is 8.42 Å². The number of sulfonamides is 1. The molecule has 5 nitrogen and oxygen atoms in total. The summed E-state index contributed by atoms with van der Waals surface area (Å²) >= 11 is 0. The summed E-state index contributed by atoms with van der Waals surface area (Å²) < 4.78 is 26.2. The maximum absolute atomic E-state index is 12.3. The minimum absolute atomic E-state index is 0.123. The van der Waals surface area contributed by atoms with Crippen molar-refractivity contribution >= 4 is 27.3 Å². The van der Waals surface area contributed by atoms with E-state index in [4.69, 9.17) is 0 Å². The lowest BCUT2D eigenvalue weighted by molar-refractivity contribution is -0.115. The van der Waals surface area contributed by atoms with Crippen molar-refractivity contribution in [2.45, 2.75) is 26.2 Å². The van der Waals surface area contributed by atoms with Crippen LogP contribution in [0.1, 0.15) is 24.0 Å². The fourth-order valence-corrected chi connectivity index (χ4v) is 4.69. The van der Waals surface area contributed by atoms with Crippen molar-refractivity contribution in [1.29, 1.82) is 0 Å². The SMILES string of the molecule is Cc1ccc(NC(=O)Cc2ccccc2)cc1N1CCCCS1(=O)=O. The molecule has 132 valence electrons. The van der Waals surface area contributed by atoms with E-state index in [9.17, 15) is 13.2 Å². The average Bonchev–Trinajstić information content (AvgIpc) is 2.57. The molecule has 3 rings (SSSR count). The number of aryl methyl sites for hydroxylation is 1. The van der Waals surface area contributed by atoms with Crippen LogP contribution in [0, 0.1) is 6.92 Å². The monoisotopic (exact) mass is 358 g/mol. The molecule has 0 aliphatic carbocycles. The Morgan fingerprint density at radius 2 is 1.88 bits per heavy atom. The van der Waals surface area contributed by atoms with Crippen LogP contribution in [0.5, 0.6) is 0 Å². The van der Waals surface area contributed by atoms with Gasteiger partial charge in [0.25, 0.3) is 0 Å². The summed E-state index contributed by atoms with van der Waals surface area (Å²) in [5.74, 6) is 0.0549. The van der Waals surface area contributed by atoms with E-state index in [1.54, 1.807) is 12.1 Å². The molecule has 2 aromatic rings. The minimum atomic E-state index is -3.27. The number of benzene rings is 2. The standard InChI is InChI=1S/C19H22N2O3S/c1-15-9-10-17(20-19(22)13-16-7-3-2-4-8-16)14-18(15)21-11-5-6-12-25(21,23)24/h2-4,7-10,14H,5-6,11-13H2,1H3,(H,20,22). The first-order valence-electron chi connectivity index (χ1n) is 8.40. The molecule has 1 N–H and O–H groups in total. The van der Waals surface area contributed by atoms with Gasteiger partial charge in [-0.1, -0.05) is 36.4 Å². The van der Waals surface area contributed by atoms with Gasteiger partial charge in [0.1, 0.15) is 0 Å². The molecule has 1 amide bonds.